The van der Waals surface area contributed by atoms with Crippen molar-refractivity contribution in [2.45, 2.75) is 6.18 Å². The number of aromatic nitrogens is 2. The lowest BCUT2D eigenvalue weighted by atomic mass is 9.97. The van der Waals surface area contributed by atoms with Crippen molar-refractivity contribution in [3.63, 3.8) is 0 Å². The number of aliphatic hydroxyl groups excluding tert-OH is 1. The molecule has 24 heavy (non-hydrogen) atoms. The fraction of sp³-hybridized carbons (Fsp3) is 0.733. The van der Waals surface area contributed by atoms with Crippen LogP contribution < -0.4 is 9.80 Å². The van der Waals surface area contributed by atoms with Crippen LogP contribution in [0, 0.1) is 11.8 Å². The van der Waals surface area contributed by atoms with Crippen molar-refractivity contribution in [3.05, 3.63) is 11.8 Å². The summed E-state index contributed by atoms with van der Waals surface area (Å²) >= 11 is 0. The molecule has 2 rings (SSSR count). The highest BCUT2D eigenvalue weighted by Crippen LogP contribution is 2.33. The maximum atomic E-state index is 13.1. The van der Waals surface area contributed by atoms with Crippen LogP contribution in [0.5, 0.6) is 0 Å². The molecule has 1 fully saturated rings. The summed E-state index contributed by atoms with van der Waals surface area (Å²) in [5.41, 5.74) is -0.951. The highest BCUT2D eigenvalue weighted by atomic mass is 19.4. The van der Waals surface area contributed by atoms with Crippen LogP contribution >= 0.6 is 0 Å². The van der Waals surface area contributed by atoms with E-state index in [1.165, 1.54) is 4.90 Å². The molecule has 0 saturated carbocycles. The molecule has 9 heteroatoms. The van der Waals surface area contributed by atoms with Gasteiger partial charge in [-0.1, -0.05) is 0 Å². The van der Waals surface area contributed by atoms with E-state index in [-0.39, 0.29) is 30.2 Å². The third-order valence-electron chi connectivity index (χ3n) is 4.13. The molecule has 0 spiro atoms. The Balaban J connectivity index is 2.32. The third kappa shape index (κ3) is 4.27. The van der Waals surface area contributed by atoms with Gasteiger partial charge in [0.25, 0.3) is 0 Å². The van der Waals surface area contributed by atoms with Crippen LogP contribution in [0.4, 0.5) is 24.9 Å². The Labute approximate surface area is 139 Å². The highest BCUT2D eigenvalue weighted by molar-refractivity contribution is 5.47. The molecule has 1 aliphatic heterocycles. The van der Waals surface area contributed by atoms with Crippen molar-refractivity contribution in [1.82, 2.24) is 14.9 Å². The second-order valence-corrected chi connectivity index (χ2v) is 6.67. The molecule has 1 aliphatic rings. The van der Waals surface area contributed by atoms with E-state index >= 15 is 0 Å². The number of nitrogens with zero attached hydrogens (tertiary/aromatic N) is 5. The van der Waals surface area contributed by atoms with Crippen LogP contribution in [0.2, 0.25) is 0 Å². The fourth-order valence-electron chi connectivity index (χ4n) is 2.94. The largest absolute Gasteiger partial charge is 0.433 e. The Hall–Kier alpha value is -1.61. The number of rotatable bonds is 5. The smallest absolute Gasteiger partial charge is 0.396 e. The molecule has 2 atom stereocenters. The standard InChI is InChI=1S/C15H24F3N5O/c1-21(2)6-10-7-23(8-11(10)9-24)13-5-12(15(16,17)18)19-14(20-13)22(3)4/h5,10-11,24H,6-9H2,1-4H3/t10-,11-/m1/s1. The Kier molecular flexibility index (Phi) is 5.54. The van der Waals surface area contributed by atoms with E-state index in [9.17, 15) is 18.3 Å². The third-order valence-corrected chi connectivity index (χ3v) is 4.13. The lowest BCUT2D eigenvalue weighted by Gasteiger charge is -2.22. The van der Waals surface area contributed by atoms with Gasteiger partial charge in [-0.3, -0.25) is 0 Å². The molecule has 0 bridgehead atoms. The average molecular weight is 347 g/mol. The summed E-state index contributed by atoms with van der Waals surface area (Å²) in [6, 6.07) is 0.986. The molecule has 0 unspecified atom stereocenters. The van der Waals surface area contributed by atoms with Crippen LogP contribution in [-0.2, 0) is 6.18 Å². The quantitative estimate of drug-likeness (QED) is 0.863. The van der Waals surface area contributed by atoms with Gasteiger partial charge in [-0.05, 0) is 20.0 Å². The summed E-state index contributed by atoms with van der Waals surface area (Å²) < 4.78 is 39.3. The van der Waals surface area contributed by atoms with Crippen molar-refractivity contribution in [1.29, 1.82) is 0 Å². The number of alkyl halides is 3. The molecule has 1 saturated heterocycles. The molecule has 1 aromatic rings. The Morgan fingerprint density at radius 1 is 1.17 bits per heavy atom. The fourth-order valence-corrected chi connectivity index (χ4v) is 2.94. The predicted octanol–water partition coefficient (Wildman–Crippen LogP) is 1.17. The number of aliphatic hydroxyl groups is 1. The molecule has 0 aromatic carbocycles. The van der Waals surface area contributed by atoms with E-state index in [0.29, 0.717) is 13.1 Å². The zero-order valence-electron chi connectivity index (χ0n) is 14.4. The van der Waals surface area contributed by atoms with Crippen LogP contribution in [-0.4, -0.2) is 74.4 Å². The molecule has 0 amide bonds. The zero-order chi connectivity index (χ0) is 18.1. The first-order chi connectivity index (χ1) is 11.1. The van der Waals surface area contributed by atoms with Crippen LogP contribution in [0.1, 0.15) is 5.69 Å². The minimum atomic E-state index is -4.53. The number of anilines is 2. The molecular formula is C15H24F3N5O. The van der Waals surface area contributed by atoms with Gasteiger partial charge < -0.3 is 19.8 Å². The normalized spacial score (nSPS) is 21.6. The molecule has 1 N–H and O–H groups in total. The first-order valence-electron chi connectivity index (χ1n) is 7.76. The lowest BCUT2D eigenvalue weighted by molar-refractivity contribution is -0.141. The van der Waals surface area contributed by atoms with E-state index in [1.54, 1.807) is 19.0 Å². The highest BCUT2D eigenvalue weighted by Gasteiger charge is 2.37. The topological polar surface area (TPSA) is 55.7 Å². The SMILES string of the molecule is CN(C)C[C@@H]1CN(c2cc(C(F)(F)F)nc(N(C)C)n2)C[C@@H]1CO. The van der Waals surface area contributed by atoms with Crippen molar-refractivity contribution >= 4 is 11.8 Å². The van der Waals surface area contributed by atoms with Gasteiger partial charge in [-0.25, -0.2) is 4.98 Å². The van der Waals surface area contributed by atoms with Crippen molar-refractivity contribution in [2.24, 2.45) is 11.8 Å². The van der Waals surface area contributed by atoms with Gasteiger partial charge in [0, 0.05) is 52.3 Å². The number of hydrogen-bond donors (Lipinski definition) is 1. The van der Waals surface area contributed by atoms with E-state index in [4.69, 9.17) is 0 Å². The molecular weight excluding hydrogens is 323 g/mol. The zero-order valence-corrected chi connectivity index (χ0v) is 14.4. The van der Waals surface area contributed by atoms with E-state index in [0.717, 1.165) is 12.6 Å². The summed E-state index contributed by atoms with van der Waals surface area (Å²) in [5, 5.41) is 9.57. The minimum Gasteiger partial charge on any atom is -0.396 e. The van der Waals surface area contributed by atoms with Gasteiger partial charge in [-0.2, -0.15) is 18.2 Å². The molecule has 0 radical (unpaired) electrons. The van der Waals surface area contributed by atoms with Gasteiger partial charge in [0.05, 0.1) is 0 Å². The number of hydrogen-bond acceptors (Lipinski definition) is 6. The van der Waals surface area contributed by atoms with E-state index < -0.39 is 11.9 Å². The summed E-state index contributed by atoms with van der Waals surface area (Å²) in [5.74, 6) is 0.466. The van der Waals surface area contributed by atoms with E-state index in [2.05, 4.69) is 9.97 Å². The van der Waals surface area contributed by atoms with Gasteiger partial charge in [0.2, 0.25) is 5.95 Å². The maximum absolute atomic E-state index is 13.1. The molecule has 136 valence electrons. The van der Waals surface area contributed by atoms with Crippen molar-refractivity contribution in [2.75, 3.05) is 64.2 Å². The van der Waals surface area contributed by atoms with Crippen molar-refractivity contribution < 1.29 is 18.3 Å². The van der Waals surface area contributed by atoms with Crippen LogP contribution in [0.25, 0.3) is 0 Å². The van der Waals surface area contributed by atoms with Crippen LogP contribution in [0.3, 0.4) is 0 Å². The van der Waals surface area contributed by atoms with Crippen LogP contribution in [0.15, 0.2) is 6.07 Å². The second kappa shape index (κ2) is 7.10. The first kappa shape index (κ1) is 18.7. The number of halogens is 3. The molecule has 6 nitrogen and oxygen atoms in total. The minimum absolute atomic E-state index is 0.00670. The monoisotopic (exact) mass is 347 g/mol. The predicted molar refractivity (Wildman–Crippen MR) is 86.2 cm³/mol. The second-order valence-electron chi connectivity index (χ2n) is 6.67. The first-order valence-corrected chi connectivity index (χ1v) is 7.76. The molecule has 1 aromatic heterocycles. The maximum Gasteiger partial charge on any atom is 0.433 e. The summed E-state index contributed by atoms with van der Waals surface area (Å²) in [6.45, 7) is 1.81. The summed E-state index contributed by atoms with van der Waals surface area (Å²) in [7, 11) is 7.09. The van der Waals surface area contributed by atoms with Gasteiger partial charge in [0.1, 0.15) is 5.82 Å². The van der Waals surface area contributed by atoms with Gasteiger partial charge in [-0.15, -0.1) is 0 Å². The summed E-state index contributed by atoms with van der Waals surface area (Å²) in [4.78, 5) is 13.1. The van der Waals surface area contributed by atoms with Gasteiger partial charge >= 0.3 is 6.18 Å². The Morgan fingerprint density at radius 2 is 1.79 bits per heavy atom. The van der Waals surface area contributed by atoms with Crippen molar-refractivity contribution in [3.8, 4) is 0 Å². The van der Waals surface area contributed by atoms with E-state index in [1.807, 2.05) is 19.0 Å². The van der Waals surface area contributed by atoms with Gasteiger partial charge in [0.15, 0.2) is 5.69 Å². The molecule has 2 heterocycles. The lowest BCUT2D eigenvalue weighted by Crippen LogP contribution is -2.29. The molecule has 0 aliphatic carbocycles. The Morgan fingerprint density at radius 3 is 2.29 bits per heavy atom. The Bertz CT molecular complexity index is 565. The average Bonchev–Trinajstić information content (AvgIpc) is 2.88. The summed E-state index contributed by atoms with van der Waals surface area (Å²) in [6.07, 6.45) is -4.53.